The smallest absolute Gasteiger partial charge is 0.372 e. The van der Waals surface area contributed by atoms with E-state index in [1.54, 1.807) is 0 Å². The van der Waals surface area contributed by atoms with Crippen LogP contribution in [0.2, 0.25) is 0 Å². The fraction of sp³-hybridized carbons (Fsp3) is 0.190. The van der Waals surface area contributed by atoms with Gasteiger partial charge >= 0.3 is 5.97 Å². The van der Waals surface area contributed by atoms with E-state index >= 15 is 0 Å². The van der Waals surface area contributed by atoms with Gasteiger partial charge < -0.3 is 9.30 Å². The summed E-state index contributed by atoms with van der Waals surface area (Å²) in [6.45, 7) is 2.40. The van der Waals surface area contributed by atoms with Gasteiger partial charge in [0.05, 0.1) is 0 Å². The zero-order valence-corrected chi connectivity index (χ0v) is 14.7. The van der Waals surface area contributed by atoms with Gasteiger partial charge in [-0.3, -0.25) is 4.94 Å². The van der Waals surface area contributed by atoms with E-state index in [1.807, 2.05) is 73.1 Å². The minimum atomic E-state index is -1.00. The molecule has 1 aromatic heterocycles. The Kier molecular flexibility index (Phi) is 5.37. The van der Waals surface area contributed by atoms with Gasteiger partial charge in [-0.25, -0.2) is 4.79 Å². The number of hydrogen-bond donors (Lipinski definition) is 0. The van der Waals surface area contributed by atoms with Crippen molar-refractivity contribution in [3.05, 3.63) is 71.9 Å². The molecular formula is C21H20FNO3. The summed E-state index contributed by atoms with van der Waals surface area (Å²) in [7, 11) is 1.91. The Labute approximate surface area is 151 Å². The fourth-order valence-corrected chi connectivity index (χ4v) is 2.99. The third-order valence-corrected chi connectivity index (χ3v) is 4.34. The number of allylic oxidation sites excluding steroid dienone is 1. The fourth-order valence-electron chi connectivity index (χ4n) is 2.99. The van der Waals surface area contributed by atoms with Gasteiger partial charge in [-0.1, -0.05) is 37.3 Å². The van der Waals surface area contributed by atoms with E-state index in [4.69, 9.17) is 4.74 Å². The molecule has 0 spiro atoms. The monoisotopic (exact) mass is 353 g/mol. The van der Waals surface area contributed by atoms with E-state index in [0.29, 0.717) is 18.6 Å². The first-order valence-corrected chi connectivity index (χ1v) is 8.42. The molecule has 0 saturated carbocycles. The average Bonchev–Trinajstić information content (AvgIpc) is 3.01. The second-order valence-electron chi connectivity index (χ2n) is 6.00. The molecule has 5 heteroatoms. The maximum Gasteiger partial charge on any atom is 0.372 e. The molecule has 0 atom stereocenters. The third kappa shape index (κ3) is 3.77. The number of rotatable bonds is 6. The number of benzene rings is 2. The SMILES string of the molecule is CC/C(=C\C(=O)OF)c1cc2cc(OCc3ccccc3)ccc2n1C. The Morgan fingerprint density at radius 2 is 1.92 bits per heavy atom. The van der Waals surface area contributed by atoms with Crippen molar-refractivity contribution in [3.8, 4) is 5.75 Å². The molecule has 0 radical (unpaired) electrons. The van der Waals surface area contributed by atoms with Crippen molar-refractivity contribution in [1.82, 2.24) is 4.57 Å². The summed E-state index contributed by atoms with van der Waals surface area (Å²) in [5.41, 5.74) is 3.65. The van der Waals surface area contributed by atoms with E-state index in [2.05, 4.69) is 4.94 Å². The molecule has 0 amide bonds. The molecule has 0 unspecified atom stereocenters. The Morgan fingerprint density at radius 3 is 2.62 bits per heavy atom. The number of carbonyl (C=O) groups excluding carboxylic acids is 1. The van der Waals surface area contributed by atoms with Crippen LogP contribution in [0, 0.1) is 0 Å². The van der Waals surface area contributed by atoms with Gasteiger partial charge in [-0.2, -0.15) is 0 Å². The predicted octanol–water partition coefficient (Wildman–Crippen LogP) is 4.98. The molecule has 134 valence electrons. The number of halogens is 1. The third-order valence-electron chi connectivity index (χ3n) is 4.34. The molecule has 1 heterocycles. The molecule has 4 nitrogen and oxygen atoms in total. The highest BCUT2D eigenvalue weighted by molar-refractivity contribution is 5.93. The molecule has 0 N–H and O–H groups in total. The minimum Gasteiger partial charge on any atom is -0.489 e. The first-order valence-electron chi connectivity index (χ1n) is 8.42. The lowest BCUT2D eigenvalue weighted by atomic mass is 10.1. The number of ether oxygens (including phenoxy) is 1. The van der Waals surface area contributed by atoms with Crippen molar-refractivity contribution in [1.29, 1.82) is 0 Å². The summed E-state index contributed by atoms with van der Waals surface area (Å²) >= 11 is 0. The van der Waals surface area contributed by atoms with E-state index < -0.39 is 5.97 Å². The number of aromatic nitrogens is 1. The lowest BCUT2D eigenvalue weighted by Gasteiger charge is -2.08. The number of aryl methyl sites for hydroxylation is 1. The van der Waals surface area contributed by atoms with E-state index in [0.717, 1.165) is 27.9 Å². The predicted molar refractivity (Wildman–Crippen MR) is 99.2 cm³/mol. The van der Waals surface area contributed by atoms with Crippen LogP contribution in [0.3, 0.4) is 0 Å². The van der Waals surface area contributed by atoms with Gasteiger partial charge in [0.15, 0.2) is 0 Å². The summed E-state index contributed by atoms with van der Waals surface area (Å²) in [6.07, 6.45) is 1.76. The number of nitrogens with zero attached hydrogens (tertiary/aromatic N) is 1. The van der Waals surface area contributed by atoms with E-state index in [-0.39, 0.29) is 0 Å². The highest BCUT2D eigenvalue weighted by atomic mass is 19.3. The Hall–Kier alpha value is -3.08. The summed E-state index contributed by atoms with van der Waals surface area (Å²) in [5.74, 6) is -0.234. The van der Waals surface area contributed by atoms with Crippen LogP contribution in [0.25, 0.3) is 16.5 Å². The minimum absolute atomic E-state index is 0.495. The molecule has 3 aromatic rings. The first kappa shape index (κ1) is 17.7. The highest BCUT2D eigenvalue weighted by Crippen LogP contribution is 2.29. The van der Waals surface area contributed by atoms with Crippen LogP contribution >= 0.6 is 0 Å². The van der Waals surface area contributed by atoms with Crippen LogP contribution in [0.4, 0.5) is 4.53 Å². The van der Waals surface area contributed by atoms with Crippen molar-refractivity contribution in [3.63, 3.8) is 0 Å². The van der Waals surface area contributed by atoms with Gasteiger partial charge in [-0.15, -0.1) is 0 Å². The molecule has 0 bridgehead atoms. The van der Waals surface area contributed by atoms with Crippen molar-refractivity contribution < 1.29 is 19.0 Å². The van der Waals surface area contributed by atoms with Crippen molar-refractivity contribution in [2.24, 2.45) is 7.05 Å². The molecule has 0 aliphatic rings. The first-order chi connectivity index (χ1) is 12.6. The van der Waals surface area contributed by atoms with Crippen molar-refractivity contribution in [2.75, 3.05) is 0 Å². The van der Waals surface area contributed by atoms with Crippen LogP contribution in [0.1, 0.15) is 24.6 Å². The molecule has 26 heavy (non-hydrogen) atoms. The summed E-state index contributed by atoms with van der Waals surface area (Å²) in [5, 5.41) is 0.987. The maximum atomic E-state index is 12.1. The molecule has 0 aliphatic heterocycles. The van der Waals surface area contributed by atoms with Crippen LogP contribution in [0.5, 0.6) is 5.75 Å². The Balaban J connectivity index is 1.88. The maximum absolute atomic E-state index is 12.1. The summed E-state index contributed by atoms with van der Waals surface area (Å²) in [4.78, 5) is 14.5. The number of fused-ring (bicyclic) bond motifs is 1. The normalized spacial score (nSPS) is 11.6. The van der Waals surface area contributed by atoms with Gasteiger partial charge in [-0.05, 0) is 41.8 Å². The Bertz CT molecular complexity index is 945. The quantitative estimate of drug-likeness (QED) is 0.587. The molecule has 0 saturated heterocycles. The molecule has 2 aromatic carbocycles. The molecular weight excluding hydrogens is 333 g/mol. The molecule has 0 aliphatic carbocycles. The van der Waals surface area contributed by atoms with Crippen LogP contribution in [-0.2, 0) is 23.4 Å². The van der Waals surface area contributed by atoms with Crippen LogP contribution in [-0.4, -0.2) is 10.5 Å². The number of hydrogen-bond acceptors (Lipinski definition) is 3. The lowest BCUT2D eigenvalue weighted by molar-refractivity contribution is -0.176. The molecule has 3 rings (SSSR count). The second kappa shape index (κ2) is 7.87. The largest absolute Gasteiger partial charge is 0.489 e. The zero-order valence-electron chi connectivity index (χ0n) is 14.7. The molecule has 0 fully saturated rings. The average molecular weight is 353 g/mol. The van der Waals surface area contributed by atoms with Crippen LogP contribution < -0.4 is 4.74 Å². The standard InChI is InChI=1S/C21H20FNO3/c1-3-16(13-21(24)26-22)20-12-17-11-18(9-10-19(17)23(20)2)25-14-15-7-5-4-6-8-15/h4-13H,3,14H2,1-2H3/b16-13+. The van der Waals surface area contributed by atoms with E-state index in [1.165, 1.54) is 6.08 Å². The van der Waals surface area contributed by atoms with Crippen molar-refractivity contribution in [2.45, 2.75) is 20.0 Å². The topological polar surface area (TPSA) is 40.5 Å². The zero-order chi connectivity index (χ0) is 18.5. The number of carbonyl (C=O) groups is 1. The van der Waals surface area contributed by atoms with Crippen molar-refractivity contribution >= 4 is 22.4 Å². The second-order valence-corrected chi connectivity index (χ2v) is 6.00. The van der Waals surface area contributed by atoms with Gasteiger partial charge in [0, 0.05) is 34.2 Å². The lowest BCUT2D eigenvalue weighted by Crippen LogP contribution is -1.99. The summed E-state index contributed by atoms with van der Waals surface area (Å²) < 4.78 is 19.9. The van der Waals surface area contributed by atoms with Gasteiger partial charge in [0.1, 0.15) is 12.4 Å². The highest BCUT2D eigenvalue weighted by Gasteiger charge is 2.12. The Morgan fingerprint density at radius 1 is 1.15 bits per heavy atom. The summed E-state index contributed by atoms with van der Waals surface area (Å²) in [6, 6.07) is 17.8. The van der Waals surface area contributed by atoms with Crippen LogP contribution in [0.15, 0.2) is 60.7 Å². The van der Waals surface area contributed by atoms with Gasteiger partial charge in [0.2, 0.25) is 0 Å². The van der Waals surface area contributed by atoms with E-state index in [9.17, 15) is 9.32 Å². The van der Waals surface area contributed by atoms with Gasteiger partial charge in [0.25, 0.3) is 0 Å².